The maximum atomic E-state index is 13.5. The molecule has 0 aromatic heterocycles. The van der Waals surface area contributed by atoms with Gasteiger partial charge >= 0.3 is 0 Å². The zero-order valence-electron chi connectivity index (χ0n) is 17.5. The summed E-state index contributed by atoms with van der Waals surface area (Å²) >= 11 is 0. The summed E-state index contributed by atoms with van der Waals surface area (Å²) in [5.74, 6) is -1.31. The van der Waals surface area contributed by atoms with Crippen molar-refractivity contribution in [3.05, 3.63) is 65.7 Å². The van der Waals surface area contributed by atoms with Gasteiger partial charge < -0.3 is 4.90 Å². The molecule has 9 nitrogen and oxygen atoms in total. The summed E-state index contributed by atoms with van der Waals surface area (Å²) in [6, 6.07) is 16.2. The maximum absolute atomic E-state index is 13.5. The number of benzodiazepines with no additional fused rings is 1. The number of anilines is 1. The molecule has 0 fully saturated rings. The number of carbonyl (C=O) groups excluding carboxylic acids is 3. The SMILES string of the molecule is O=C(CCCCN1C(=O)[C@H](CCC(=O)NO)N=C(c2ccccc2)c2ccccc21)NO. The first-order valence-electron chi connectivity index (χ1n) is 10.4. The lowest BCUT2D eigenvalue weighted by Gasteiger charge is -2.25. The summed E-state index contributed by atoms with van der Waals surface area (Å²) in [7, 11) is 0. The van der Waals surface area contributed by atoms with Crippen molar-refractivity contribution in [1.29, 1.82) is 0 Å². The van der Waals surface area contributed by atoms with Gasteiger partial charge in [-0.1, -0.05) is 48.5 Å². The zero-order valence-corrected chi connectivity index (χ0v) is 17.5. The number of para-hydroxylation sites is 1. The van der Waals surface area contributed by atoms with Crippen molar-refractivity contribution in [2.45, 2.75) is 38.1 Å². The van der Waals surface area contributed by atoms with Gasteiger partial charge in [0.05, 0.1) is 11.4 Å². The van der Waals surface area contributed by atoms with E-state index in [-0.39, 0.29) is 25.2 Å². The highest BCUT2D eigenvalue weighted by molar-refractivity contribution is 6.20. The molecule has 1 heterocycles. The first-order valence-corrected chi connectivity index (χ1v) is 10.4. The van der Waals surface area contributed by atoms with E-state index >= 15 is 0 Å². The van der Waals surface area contributed by atoms with Crippen LogP contribution < -0.4 is 15.9 Å². The Bertz CT molecular complexity index is 993. The van der Waals surface area contributed by atoms with Gasteiger partial charge in [-0.2, -0.15) is 0 Å². The van der Waals surface area contributed by atoms with Crippen LogP contribution in [0.1, 0.15) is 43.2 Å². The predicted molar refractivity (Wildman–Crippen MR) is 118 cm³/mol. The number of nitrogens with zero attached hydrogens (tertiary/aromatic N) is 2. The predicted octanol–water partition coefficient (Wildman–Crippen LogP) is 2.20. The third-order valence-corrected chi connectivity index (χ3v) is 5.26. The van der Waals surface area contributed by atoms with Crippen molar-refractivity contribution in [2.75, 3.05) is 11.4 Å². The number of unbranched alkanes of at least 4 members (excludes halogenated alkanes) is 1. The second-order valence-electron chi connectivity index (χ2n) is 7.43. The van der Waals surface area contributed by atoms with Crippen LogP contribution in [0.25, 0.3) is 0 Å². The number of carbonyl (C=O) groups is 3. The van der Waals surface area contributed by atoms with Crippen LogP contribution >= 0.6 is 0 Å². The van der Waals surface area contributed by atoms with E-state index in [2.05, 4.69) is 0 Å². The molecule has 1 aliphatic heterocycles. The third-order valence-electron chi connectivity index (χ3n) is 5.26. The number of amides is 3. The minimum atomic E-state index is -0.810. The van der Waals surface area contributed by atoms with E-state index in [1.54, 1.807) is 15.9 Å². The normalized spacial score (nSPS) is 15.4. The Hall–Kier alpha value is -3.56. The average molecular weight is 438 g/mol. The minimum absolute atomic E-state index is 0.0562. The van der Waals surface area contributed by atoms with Crippen LogP contribution in [0.3, 0.4) is 0 Å². The highest BCUT2D eigenvalue weighted by Crippen LogP contribution is 2.30. The van der Waals surface area contributed by atoms with Crippen molar-refractivity contribution in [2.24, 2.45) is 4.99 Å². The fourth-order valence-electron chi connectivity index (χ4n) is 3.67. The van der Waals surface area contributed by atoms with E-state index < -0.39 is 17.9 Å². The number of hydrogen-bond acceptors (Lipinski definition) is 6. The van der Waals surface area contributed by atoms with E-state index in [0.717, 1.165) is 11.1 Å². The molecule has 168 valence electrons. The molecule has 4 N–H and O–H groups in total. The molecule has 32 heavy (non-hydrogen) atoms. The smallest absolute Gasteiger partial charge is 0.251 e. The number of nitrogens with one attached hydrogen (secondary N) is 2. The highest BCUT2D eigenvalue weighted by Gasteiger charge is 2.31. The second-order valence-corrected chi connectivity index (χ2v) is 7.43. The van der Waals surface area contributed by atoms with Crippen LogP contribution in [0.5, 0.6) is 0 Å². The van der Waals surface area contributed by atoms with E-state index in [4.69, 9.17) is 15.4 Å². The van der Waals surface area contributed by atoms with Crippen molar-refractivity contribution in [1.82, 2.24) is 11.0 Å². The molecule has 2 aromatic carbocycles. The summed E-state index contributed by atoms with van der Waals surface area (Å²) in [6.45, 7) is 0.356. The summed E-state index contributed by atoms with van der Waals surface area (Å²) in [4.78, 5) is 42.8. The summed E-state index contributed by atoms with van der Waals surface area (Å²) in [5.41, 5.74) is 6.22. The molecule has 1 aliphatic rings. The fourth-order valence-corrected chi connectivity index (χ4v) is 3.67. The third kappa shape index (κ3) is 5.57. The number of rotatable bonds is 9. The Balaban J connectivity index is 1.95. The van der Waals surface area contributed by atoms with Crippen LogP contribution in [-0.2, 0) is 14.4 Å². The largest absolute Gasteiger partial charge is 0.310 e. The zero-order chi connectivity index (χ0) is 22.9. The maximum Gasteiger partial charge on any atom is 0.251 e. The quantitative estimate of drug-likeness (QED) is 0.271. The topological polar surface area (TPSA) is 131 Å². The van der Waals surface area contributed by atoms with E-state index in [1.165, 1.54) is 0 Å². The van der Waals surface area contributed by atoms with Gasteiger partial charge in [0.15, 0.2) is 0 Å². The van der Waals surface area contributed by atoms with Crippen LogP contribution in [0.15, 0.2) is 59.6 Å². The summed E-state index contributed by atoms with van der Waals surface area (Å²) in [5, 5.41) is 17.5. The van der Waals surface area contributed by atoms with Crippen molar-refractivity contribution >= 4 is 29.1 Å². The van der Waals surface area contributed by atoms with Gasteiger partial charge in [-0.25, -0.2) is 11.0 Å². The molecule has 0 bridgehead atoms. The second kappa shape index (κ2) is 11.2. The van der Waals surface area contributed by atoms with Gasteiger partial charge in [0.25, 0.3) is 5.91 Å². The van der Waals surface area contributed by atoms with Gasteiger partial charge in [0.1, 0.15) is 6.04 Å². The molecule has 0 saturated heterocycles. The molecular formula is C23H26N4O5. The number of benzene rings is 2. The van der Waals surface area contributed by atoms with E-state index in [0.29, 0.717) is 30.8 Å². The average Bonchev–Trinajstić information content (AvgIpc) is 2.95. The van der Waals surface area contributed by atoms with Crippen molar-refractivity contribution in [3.8, 4) is 0 Å². The standard InChI is InChI=1S/C23H26N4O5/c28-20(25-31)12-6-7-15-27-19-11-5-4-10-17(19)22(16-8-2-1-3-9-16)24-18(23(27)30)13-14-21(29)26-32/h1-5,8-11,18,31-32H,6-7,12-15H2,(H,25,28)(H,26,29)/t18-/m0/s1. The molecule has 2 aromatic rings. The van der Waals surface area contributed by atoms with E-state index in [1.807, 2.05) is 54.6 Å². The molecular weight excluding hydrogens is 412 g/mol. The van der Waals surface area contributed by atoms with Gasteiger partial charge in [0.2, 0.25) is 11.8 Å². The molecule has 0 spiro atoms. The Morgan fingerprint density at radius 2 is 1.56 bits per heavy atom. The molecule has 0 unspecified atom stereocenters. The molecule has 3 amide bonds. The lowest BCUT2D eigenvalue weighted by atomic mass is 10.00. The number of aliphatic imine (C=N–C) groups is 1. The number of fused-ring (bicyclic) bond motifs is 1. The van der Waals surface area contributed by atoms with Gasteiger partial charge in [0, 0.05) is 30.5 Å². The monoisotopic (exact) mass is 438 g/mol. The summed E-state index contributed by atoms with van der Waals surface area (Å²) in [6.07, 6.45) is 1.25. The lowest BCUT2D eigenvalue weighted by Crippen LogP contribution is -2.39. The minimum Gasteiger partial charge on any atom is -0.310 e. The molecule has 9 heteroatoms. The molecule has 1 atom stereocenters. The molecule has 0 aliphatic carbocycles. The first kappa shape index (κ1) is 23.1. The molecule has 3 rings (SSSR count). The van der Waals surface area contributed by atoms with Crippen LogP contribution in [-0.4, -0.2) is 46.4 Å². The number of hydroxylamine groups is 2. The van der Waals surface area contributed by atoms with Crippen LogP contribution in [0.2, 0.25) is 0 Å². The van der Waals surface area contributed by atoms with Crippen LogP contribution in [0.4, 0.5) is 5.69 Å². The Kier molecular flexibility index (Phi) is 8.07. The Morgan fingerprint density at radius 1 is 0.906 bits per heavy atom. The van der Waals surface area contributed by atoms with Crippen LogP contribution in [0, 0.1) is 0 Å². The van der Waals surface area contributed by atoms with Gasteiger partial charge in [-0.3, -0.25) is 29.8 Å². The first-order chi connectivity index (χ1) is 15.5. The fraction of sp³-hybridized carbons (Fsp3) is 0.304. The lowest BCUT2D eigenvalue weighted by molar-refractivity contribution is -0.130. The van der Waals surface area contributed by atoms with Crippen molar-refractivity contribution in [3.63, 3.8) is 0 Å². The molecule has 0 saturated carbocycles. The number of hydrogen-bond donors (Lipinski definition) is 4. The molecule has 0 radical (unpaired) electrons. The Labute approximate surface area is 185 Å². The highest BCUT2D eigenvalue weighted by atomic mass is 16.5. The summed E-state index contributed by atoms with van der Waals surface area (Å²) < 4.78 is 0. The van der Waals surface area contributed by atoms with Gasteiger partial charge in [-0.05, 0) is 25.3 Å². The van der Waals surface area contributed by atoms with E-state index in [9.17, 15) is 14.4 Å². The van der Waals surface area contributed by atoms with Crippen molar-refractivity contribution < 1.29 is 24.8 Å². The Morgan fingerprint density at radius 3 is 2.28 bits per heavy atom. The van der Waals surface area contributed by atoms with Gasteiger partial charge in [-0.15, -0.1) is 0 Å².